The highest BCUT2D eigenvalue weighted by atomic mass is 16.5. The summed E-state index contributed by atoms with van der Waals surface area (Å²) in [6, 6.07) is 14.9. The first-order valence-corrected chi connectivity index (χ1v) is 8.30. The van der Waals surface area contributed by atoms with Gasteiger partial charge in [0.05, 0.1) is 20.3 Å². The number of benzene rings is 2. The summed E-state index contributed by atoms with van der Waals surface area (Å²) in [7, 11) is 3.17. The zero-order valence-electron chi connectivity index (χ0n) is 15.0. The lowest BCUT2D eigenvalue weighted by atomic mass is 10.1. The van der Waals surface area contributed by atoms with Crippen molar-refractivity contribution in [3.8, 4) is 11.5 Å². The molecule has 3 aromatic rings. The van der Waals surface area contributed by atoms with Crippen LogP contribution in [0.3, 0.4) is 0 Å². The minimum Gasteiger partial charge on any atom is -0.497 e. The van der Waals surface area contributed by atoms with E-state index in [1.165, 1.54) is 6.08 Å². The smallest absolute Gasteiger partial charge is 0.244 e. The van der Waals surface area contributed by atoms with Gasteiger partial charge < -0.3 is 19.2 Å². The van der Waals surface area contributed by atoms with E-state index >= 15 is 0 Å². The Balaban J connectivity index is 1.69. The second-order valence-corrected chi connectivity index (χ2v) is 5.86. The van der Waals surface area contributed by atoms with Gasteiger partial charge in [0.25, 0.3) is 0 Å². The van der Waals surface area contributed by atoms with Crippen molar-refractivity contribution >= 4 is 23.0 Å². The predicted molar refractivity (Wildman–Crippen MR) is 101 cm³/mol. The molecule has 3 rings (SSSR count). The Hall–Kier alpha value is -3.21. The predicted octanol–water partition coefficient (Wildman–Crippen LogP) is 4.34. The van der Waals surface area contributed by atoms with Crippen LogP contribution in [0.25, 0.3) is 17.0 Å². The number of fused-ring (bicyclic) bond motifs is 1. The molecule has 0 saturated carbocycles. The van der Waals surface area contributed by atoms with Crippen molar-refractivity contribution in [3.63, 3.8) is 0 Å². The maximum Gasteiger partial charge on any atom is 0.244 e. The summed E-state index contributed by atoms with van der Waals surface area (Å²) in [5.74, 6) is 1.84. The lowest BCUT2D eigenvalue weighted by Crippen LogP contribution is -2.24. The van der Waals surface area contributed by atoms with Crippen molar-refractivity contribution < 1.29 is 18.7 Å². The zero-order chi connectivity index (χ0) is 18.5. The Morgan fingerprint density at radius 1 is 1.12 bits per heavy atom. The summed E-state index contributed by atoms with van der Waals surface area (Å²) in [5, 5.41) is 3.92. The molecular weight excluding hydrogens is 330 g/mol. The van der Waals surface area contributed by atoms with Gasteiger partial charge in [0.1, 0.15) is 22.8 Å². The molecule has 1 heterocycles. The van der Waals surface area contributed by atoms with Gasteiger partial charge in [0.2, 0.25) is 5.91 Å². The van der Waals surface area contributed by atoms with E-state index in [2.05, 4.69) is 5.32 Å². The van der Waals surface area contributed by atoms with E-state index < -0.39 is 0 Å². The summed E-state index contributed by atoms with van der Waals surface area (Å²) in [6.07, 6.45) is 3.18. The second kappa shape index (κ2) is 7.78. The maximum atomic E-state index is 12.2. The number of carbonyl (C=O) groups excluding carboxylic acids is 1. The molecule has 0 unspecified atom stereocenters. The molecule has 5 heteroatoms. The number of ether oxygens (including phenoxy) is 2. The fourth-order valence-electron chi connectivity index (χ4n) is 2.67. The molecule has 0 fully saturated rings. The third-order valence-electron chi connectivity index (χ3n) is 4.09. The van der Waals surface area contributed by atoms with E-state index in [9.17, 15) is 4.79 Å². The Bertz CT molecular complexity index is 909. The zero-order valence-corrected chi connectivity index (χ0v) is 15.0. The molecule has 134 valence electrons. The molecule has 1 amide bonds. The van der Waals surface area contributed by atoms with E-state index in [-0.39, 0.29) is 11.9 Å². The Labute approximate surface area is 152 Å². The first-order chi connectivity index (χ1) is 12.6. The SMILES string of the molecule is COc1ccc(/C=C/C(=O)N[C@H](C)c2cc3ccccc3o2)c(OC)c1. The van der Waals surface area contributed by atoms with Gasteiger partial charge in [0, 0.05) is 23.1 Å². The number of rotatable bonds is 6. The summed E-state index contributed by atoms with van der Waals surface area (Å²) in [5.41, 5.74) is 1.60. The summed E-state index contributed by atoms with van der Waals surface area (Å²) < 4.78 is 16.3. The van der Waals surface area contributed by atoms with Crippen LogP contribution in [0.4, 0.5) is 0 Å². The monoisotopic (exact) mass is 351 g/mol. The lowest BCUT2D eigenvalue weighted by Gasteiger charge is -2.10. The summed E-state index contributed by atoms with van der Waals surface area (Å²) in [6.45, 7) is 1.89. The number of amides is 1. The number of furan rings is 1. The van der Waals surface area contributed by atoms with Crippen molar-refractivity contribution in [1.29, 1.82) is 0 Å². The normalized spacial score (nSPS) is 12.3. The van der Waals surface area contributed by atoms with Gasteiger partial charge in [-0.05, 0) is 37.3 Å². The molecular formula is C21H21NO4. The Kier molecular flexibility index (Phi) is 5.27. The van der Waals surface area contributed by atoms with Gasteiger partial charge in [-0.1, -0.05) is 18.2 Å². The van der Waals surface area contributed by atoms with Crippen molar-refractivity contribution in [2.75, 3.05) is 14.2 Å². The quantitative estimate of drug-likeness (QED) is 0.671. The van der Waals surface area contributed by atoms with Crippen LogP contribution in [0.5, 0.6) is 11.5 Å². The van der Waals surface area contributed by atoms with Gasteiger partial charge in [-0.3, -0.25) is 4.79 Å². The molecule has 0 saturated heterocycles. The van der Waals surface area contributed by atoms with E-state index in [4.69, 9.17) is 13.9 Å². The molecule has 1 aromatic heterocycles. The molecule has 0 aliphatic carbocycles. The first-order valence-electron chi connectivity index (χ1n) is 8.30. The van der Waals surface area contributed by atoms with Gasteiger partial charge in [-0.25, -0.2) is 0 Å². The first kappa shape index (κ1) is 17.6. The topological polar surface area (TPSA) is 60.7 Å². The van der Waals surface area contributed by atoms with Crippen LogP contribution in [0.15, 0.2) is 59.0 Å². The van der Waals surface area contributed by atoms with E-state index in [1.54, 1.807) is 26.4 Å². The van der Waals surface area contributed by atoms with Crippen molar-refractivity contribution in [3.05, 3.63) is 65.9 Å². The van der Waals surface area contributed by atoms with Crippen LogP contribution in [0, 0.1) is 0 Å². The molecule has 0 radical (unpaired) electrons. The third-order valence-corrected chi connectivity index (χ3v) is 4.09. The molecule has 0 aliphatic heterocycles. The number of hydrogen-bond acceptors (Lipinski definition) is 4. The van der Waals surface area contributed by atoms with Crippen LogP contribution in [0.1, 0.15) is 24.3 Å². The fourth-order valence-corrected chi connectivity index (χ4v) is 2.67. The van der Waals surface area contributed by atoms with Crippen LogP contribution < -0.4 is 14.8 Å². The largest absolute Gasteiger partial charge is 0.497 e. The molecule has 0 aliphatic rings. The van der Waals surface area contributed by atoms with Crippen LogP contribution in [0.2, 0.25) is 0 Å². The van der Waals surface area contributed by atoms with E-state index in [0.29, 0.717) is 11.5 Å². The van der Waals surface area contributed by atoms with Crippen LogP contribution in [-0.4, -0.2) is 20.1 Å². The molecule has 26 heavy (non-hydrogen) atoms. The minimum atomic E-state index is -0.239. The number of hydrogen-bond donors (Lipinski definition) is 1. The summed E-state index contributed by atoms with van der Waals surface area (Å²) >= 11 is 0. The average molecular weight is 351 g/mol. The highest BCUT2D eigenvalue weighted by Gasteiger charge is 2.13. The van der Waals surface area contributed by atoms with Gasteiger partial charge in [-0.2, -0.15) is 0 Å². The highest BCUT2D eigenvalue weighted by Crippen LogP contribution is 2.26. The van der Waals surface area contributed by atoms with Gasteiger partial charge in [0.15, 0.2) is 0 Å². The fraction of sp³-hybridized carbons (Fsp3) is 0.190. The van der Waals surface area contributed by atoms with Gasteiger partial charge in [-0.15, -0.1) is 0 Å². The van der Waals surface area contributed by atoms with Crippen molar-refractivity contribution in [2.24, 2.45) is 0 Å². The number of carbonyl (C=O) groups is 1. The molecule has 1 atom stereocenters. The highest BCUT2D eigenvalue weighted by molar-refractivity contribution is 5.92. The number of methoxy groups -OCH3 is 2. The minimum absolute atomic E-state index is 0.212. The molecule has 0 bridgehead atoms. The van der Waals surface area contributed by atoms with Crippen molar-refractivity contribution in [1.82, 2.24) is 5.32 Å². The molecule has 1 N–H and O–H groups in total. The van der Waals surface area contributed by atoms with E-state index in [1.807, 2.05) is 49.4 Å². The summed E-state index contributed by atoms with van der Waals surface area (Å²) in [4.78, 5) is 12.2. The molecule has 0 spiro atoms. The Morgan fingerprint density at radius 2 is 1.92 bits per heavy atom. The van der Waals surface area contributed by atoms with E-state index in [0.717, 1.165) is 22.3 Å². The van der Waals surface area contributed by atoms with Crippen LogP contribution in [-0.2, 0) is 4.79 Å². The lowest BCUT2D eigenvalue weighted by molar-refractivity contribution is -0.117. The van der Waals surface area contributed by atoms with Crippen LogP contribution >= 0.6 is 0 Å². The average Bonchev–Trinajstić information content (AvgIpc) is 3.10. The van der Waals surface area contributed by atoms with Crippen molar-refractivity contribution in [2.45, 2.75) is 13.0 Å². The van der Waals surface area contributed by atoms with Gasteiger partial charge >= 0.3 is 0 Å². The molecule has 2 aromatic carbocycles. The third kappa shape index (κ3) is 3.88. The number of nitrogens with one attached hydrogen (secondary N) is 1. The second-order valence-electron chi connectivity index (χ2n) is 5.86. The Morgan fingerprint density at radius 3 is 2.65 bits per heavy atom. The standard InChI is InChI=1S/C21H21NO4/c1-14(19-12-16-6-4-5-7-18(16)26-19)22-21(23)11-9-15-8-10-17(24-2)13-20(15)25-3/h4-14H,1-3H3,(H,22,23)/b11-9+/t14-/m1/s1. The molecule has 5 nitrogen and oxygen atoms in total. The number of para-hydroxylation sites is 1. The maximum absolute atomic E-state index is 12.2.